The number of anilines is 1. The smallest absolute Gasteiger partial charge is 0.407 e. The summed E-state index contributed by atoms with van der Waals surface area (Å²) in [5.74, 6) is 0.479. The lowest BCUT2D eigenvalue weighted by molar-refractivity contribution is -0.384. The summed E-state index contributed by atoms with van der Waals surface area (Å²) in [5, 5.41) is 13.8. The van der Waals surface area contributed by atoms with E-state index < -0.39 is 16.6 Å². The van der Waals surface area contributed by atoms with E-state index in [1.54, 1.807) is 6.07 Å². The van der Waals surface area contributed by atoms with Crippen LogP contribution < -0.4 is 15.0 Å². The minimum Gasteiger partial charge on any atom is -0.494 e. The molecule has 1 heterocycles. The third-order valence-corrected chi connectivity index (χ3v) is 3.93. The standard InChI is InChI=1S/C17H25N3O5/c1-17(2,3)25-16(21)18-12-7-9-19(10-8-12)14-6-5-13(20(22)23)11-15(14)24-4/h5-6,11-12H,7-10H2,1-4H3,(H,18,21). The predicted molar refractivity (Wildman–Crippen MR) is 94.3 cm³/mol. The molecule has 1 aromatic rings. The lowest BCUT2D eigenvalue weighted by atomic mass is 10.0. The Hall–Kier alpha value is -2.51. The zero-order chi connectivity index (χ0) is 18.6. The van der Waals surface area contributed by atoms with Gasteiger partial charge >= 0.3 is 6.09 Å². The molecule has 0 radical (unpaired) electrons. The number of hydrogen-bond donors (Lipinski definition) is 1. The minimum absolute atomic E-state index is 0.00192. The van der Waals surface area contributed by atoms with Gasteiger partial charge in [0.15, 0.2) is 0 Å². The number of nitro groups is 1. The van der Waals surface area contributed by atoms with Gasteiger partial charge in [-0.25, -0.2) is 4.79 Å². The zero-order valence-corrected chi connectivity index (χ0v) is 15.1. The lowest BCUT2D eigenvalue weighted by Crippen LogP contribution is -2.46. The number of methoxy groups -OCH3 is 1. The fourth-order valence-electron chi connectivity index (χ4n) is 2.78. The summed E-state index contributed by atoms with van der Waals surface area (Å²) in [5.41, 5.74) is 0.308. The highest BCUT2D eigenvalue weighted by Gasteiger charge is 2.25. The first kappa shape index (κ1) is 18.8. The van der Waals surface area contributed by atoms with E-state index >= 15 is 0 Å². The van der Waals surface area contributed by atoms with Gasteiger partial charge in [-0.15, -0.1) is 0 Å². The Morgan fingerprint density at radius 2 is 1.96 bits per heavy atom. The van der Waals surface area contributed by atoms with Crippen molar-refractivity contribution in [3.63, 3.8) is 0 Å². The fourth-order valence-corrected chi connectivity index (χ4v) is 2.78. The maximum absolute atomic E-state index is 11.8. The molecule has 0 aromatic heterocycles. The van der Waals surface area contributed by atoms with Crippen molar-refractivity contribution in [2.45, 2.75) is 45.3 Å². The van der Waals surface area contributed by atoms with Crippen molar-refractivity contribution in [3.05, 3.63) is 28.3 Å². The number of carbonyl (C=O) groups is 1. The molecule has 1 fully saturated rings. The van der Waals surface area contributed by atoms with Crippen molar-refractivity contribution in [2.24, 2.45) is 0 Å². The normalized spacial score (nSPS) is 15.6. The first-order chi connectivity index (χ1) is 11.7. The molecule has 0 unspecified atom stereocenters. The van der Waals surface area contributed by atoms with Gasteiger partial charge in [0.2, 0.25) is 0 Å². The van der Waals surface area contributed by atoms with Gasteiger partial charge < -0.3 is 19.7 Å². The number of non-ortho nitro benzene ring substituents is 1. The van der Waals surface area contributed by atoms with Crippen LogP contribution in [0.25, 0.3) is 0 Å². The van der Waals surface area contributed by atoms with Crippen LogP contribution in [0.4, 0.5) is 16.2 Å². The van der Waals surface area contributed by atoms with E-state index in [2.05, 4.69) is 10.2 Å². The summed E-state index contributed by atoms with van der Waals surface area (Å²) >= 11 is 0. The summed E-state index contributed by atoms with van der Waals surface area (Å²) < 4.78 is 10.6. The van der Waals surface area contributed by atoms with Crippen LogP contribution in [0.2, 0.25) is 0 Å². The highest BCUT2D eigenvalue weighted by molar-refractivity contribution is 5.68. The van der Waals surface area contributed by atoms with Gasteiger partial charge in [-0.2, -0.15) is 0 Å². The molecule has 1 aromatic carbocycles. The minimum atomic E-state index is -0.517. The first-order valence-corrected chi connectivity index (χ1v) is 8.26. The van der Waals surface area contributed by atoms with E-state index in [1.165, 1.54) is 19.2 Å². The van der Waals surface area contributed by atoms with Crippen LogP contribution in [0.1, 0.15) is 33.6 Å². The summed E-state index contributed by atoms with van der Waals surface area (Å²) in [6.07, 6.45) is 1.12. The lowest BCUT2D eigenvalue weighted by Gasteiger charge is -2.34. The van der Waals surface area contributed by atoms with Gasteiger partial charge in [0.1, 0.15) is 11.4 Å². The number of nitrogens with zero attached hydrogens (tertiary/aromatic N) is 2. The molecule has 0 saturated carbocycles. The number of hydrogen-bond acceptors (Lipinski definition) is 6. The maximum atomic E-state index is 11.8. The summed E-state index contributed by atoms with van der Waals surface area (Å²) in [6.45, 7) is 6.92. The molecular formula is C17H25N3O5. The van der Waals surface area contributed by atoms with E-state index in [-0.39, 0.29) is 11.7 Å². The molecule has 8 nitrogen and oxygen atoms in total. The largest absolute Gasteiger partial charge is 0.494 e. The van der Waals surface area contributed by atoms with Crippen LogP contribution in [0.5, 0.6) is 5.75 Å². The molecule has 0 aliphatic carbocycles. The average molecular weight is 351 g/mol. The Bertz CT molecular complexity index is 634. The molecule has 25 heavy (non-hydrogen) atoms. The number of piperidine rings is 1. The van der Waals surface area contributed by atoms with E-state index in [1.807, 2.05) is 20.8 Å². The van der Waals surface area contributed by atoms with E-state index in [0.29, 0.717) is 18.8 Å². The van der Waals surface area contributed by atoms with Crippen molar-refractivity contribution in [3.8, 4) is 5.75 Å². The van der Waals surface area contributed by atoms with Crippen molar-refractivity contribution < 1.29 is 19.2 Å². The molecular weight excluding hydrogens is 326 g/mol. The Balaban J connectivity index is 1.96. The maximum Gasteiger partial charge on any atom is 0.407 e. The average Bonchev–Trinajstić information content (AvgIpc) is 2.53. The third-order valence-electron chi connectivity index (χ3n) is 3.93. The van der Waals surface area contributed by atoms with E-state index in [4.69, 9.17) is 9.47 Å². The monoisotopic (exact) mass is 351 g/mol. The van der Waals surface area contributed by atoms with Crippen LogP contribution in [0.15, 0.2) is 18.2 Å². The highest BCUT2D eigenvalue weighted by Crippen LogP contribution is 2.33. The van der Waals surface area contributed by atoms with E-state index in [9.17, 15) is 14.9 Å². The van der Waals surface area contributed by atoms with Crippen LogP contribution in [-0.4, -0.2) is 42.9 Å². The molecule has 1 N–H and O–H groups in total. The quantitative estimate of drug-likeness (QED) is 0.662. The molecule has 1 amide bonds. The second-order valence-corrected chi connectivity index (χ2v) is 7.02. The Morgan fingerprint density at radius 3 is 2.48 bits per heavy atom. The third kappa shape index (κ3) is 5.23. The predicted octanol–water partition coefficient (Wildman–Crippen LogP) is 3.10. The summed E-state index contributed by atoms with van der Waals surface area (Å²) in [7, 11) is 1.50. The summed E-state index contributed by atoms with van der Waals surface area (Å²) in [4.78, 5) is 24.4. The zero-order valence-electron chi connectivity index (χ0n) is 15.1. The van der Waals surface area contributed by atoms with Crippen molar-refractivity contribution in [1.29, 1.82) is 0 Å². The van der Waals surface area contributed by atoms with Gasteiger partial charge in [-0.3, -0.25) is 10.1 Å². The van der Waals surface area contributed by atoms with Crippen molar-refractivity contribution in [2.75, 3.05) is 25.1 Å². The van der Waals surface area contributed by atoms with Crippen LogP contribution in [-0.2, 0) is 4.74 Å². The molecule has 2 rings (SSSR count). The fraction of sp³-hybridized carbons (Fsp3) is 0.588. The van der Waals surface area contributed by atoms with Gasteiger partial charge in [-0.05, 0) is 39.7 Å². The molecule has 0 spiro atoms. The Kier molecular flexibility index (Phi) is 5.71. The number of nitro benzene ring substituents is 1. The molecule has 1 aliphatic rings. The van der Waals surface area contributed by atoms with Crippen molar-refractivity contribution in [1.82, 2.24) is 5.32 Å². The number of ether oxygens (including phenoxy) is 2. The van der Waals surface area contributed by atoms with Crippen molar-refractivity contribution >= 4 is 17.5 Å². The van der Waals surface area contributed by atoms with E-state index in [0.717, 1.165) is 18.5 Å². The van der Waals surface area contributed by atoms with Crippen LogP contribution >= 0.6 is 0 Å². The van der Waals surface area contributed by atoms with Gasteiger partial charge in [0.05, 0.1) is 23.8 Å². The Morgan fingerprint density at radius 1 is 1.32 bits per heavy atom. The molecule has 138 valence electrons. The number of carbonyl (C=O) groups excluding carboxylic acids is 1. The SMILES string of the molecule is COc1cc([N+](=O)[O-])ccc1N1CCC(NC(=O)OC(C)(C)C)CC1. The second kappa shape index (κ2) is 7.58. The number of amides is 1. The molecule has 0 bridgehead atoms. The van der Waals surface area contributed by atoms with Crippen LogP contribution in [0.3, 0.4) is 0 Å². The molecule has 1 aliphatic heterocycles. The van der Waals surface area contributed by atoms with Gasteiger partial charge in [-0.1, -0.05) is 0 Å². The number of rotatable bonds is 4. The van der Waals surface area contributed by atoms with Crippen LogP contribution in [0, 0.1) is 10.1 Å². The molecule has 8 heteroatoms. The summed E-state index contributed by atoms with van der Waals surface area (Å²) in [6, 6.07) is 4.66. The second-order valence-electron chi connectivity index (χ2n) is 7.02. The number of alkyl carbamates (subject to hydrolysis) is 1. The van der Waals surface area contributed by atoms with Gasteiger partial charge in [0, 0.05) is 25.2 Å². The molecule has 0 atom stereocenters. The number of nitrogens with one attached hydrogen (secondary N) is 1. The highest BCUT2D eigenvalue weighted by atomic mass is 16.6. The topological polar surface area (TPSA) is 93.9 Å². The number of benzene rings is 1. The first-order valence-electron chi connectivity index (χ1n) is 8.26. The Labute approximate surface area is 147 Å². The van der Waals surface area contributed by atoms with Gasteiger partial charge in [0.25, 0.3) is 5.69 Å². The molecule has 1 saturated heterocycles.